The van der Waals surface area contributed by atoms with Gasteiger partial charge in [-0.15, -0.1) is 0 Å². The lowest BCUT2D eigenvalue weighted by atomic mass is 10.1. The molecule has 4 nitrogen and oxygen atoms in total. The minimum Gasteiger partial charge on any atom is -0.370 e. The van der Waals surface area contributed by atoms with Crippen molar-refractivity contribution in [1.29, 1.82) is 0 Å². The van der Waals surface area contributed by atoms with Crippen LogP contribution in [0, 0.1) is 0 Å². The lowest BCUT2D eigenvalue weighted by Gasteiger charge is -2.23. The summed E-state index contributed by atoms with van der Waals surface area (Å²) in [4.78, 5) is 9.63. The van der Waals surface area contributed by atoms with Crippen LogP contribution in [0.1, 0.15) is 49.4 Å². The minimum atomic E-state index is 0.0692. The van der Waals surface area contributed by atoms with Gasteiger partial charge in [-0.05, 0) is 32.6 Å². The number of rotatable bonds is 3. The molecule has 1 aromatic rings. The number of hydrogen-bond acceptors (Lipinski definition) is 5. The van der Waals surface area contributed by atoms with Gasteiger partial charge in [0.2, 0.25) is 0 Å². The van der Waals surface area contributed by atoms with Crippen molar-refractivity contribution in [3.8, 4) is 0 Å². The Bertz CT molecular complexity index is 461. The fourth-order valence-corrected chi connectivity index (χ4v) is 3.72. The van der Waals surface area contributed by atoms with Crippen LogP contribution in [-0.4, -0.2) is 34.6 Å². The second kappa shape index (κ2) is 6.76. The average molecular weight is 293 g/mol. The maximum absolute atomic E-state index is 5.85. The van der Waals surface area contributed by atoms with E-state index in [1.807, 2.05) is 11.8 Å². The first-order valence-electron chi connectivity index (χ1n) is 7.71. The molecule has 0 radical (unpaired) electrons. The van der Waals surface area contributed by atoms with E-state index in [2.05, 4.69) is 12.2 Å². The summed E-state index contributed by atoms with van der Waals surface area (Å²) in [5.41, 5.74) is 2.60. The van der Waals surface area contributed by atoms with Crippen LogP contribution >= 0.6 is 11.8 Å². The largest absolute Gasteiger partial charge is 0.370 e. The smallest absolute Gasteiger partial charge is 0.160 e. The number of aryl methyl sites for hydroxylation is 1. The summed E-state index contributed by atoms with van der Waals surface area (Å²) in [6, 6.07) is 0. The third-order valence-electron chi connectivity index (χ3n) is 3.90. The van der Waals surface area contributed by atoms with Gasteiger partial charge in [-0.1, -0.05) is 6.42 Å². The average Bonchev–Trinajstić information content (AvgIpc) is 2.74. The molecule has 0 amide bonds. The van der Waals surface area contributed by atoms with Gasteiger partial charge in [-0.2, -0.15) is 11.8 Å². The fraction of sp³-hybridized carbons (Fsp3) is 0.733. The highest BCUT2D eigenvalue weighted by Gasteiger charge is 2.23. The van der Waals surface area contributed by atoms with Crippen molar-refractivity contribution in [1.82, 2.24) is 9.97 Å². The molecule has 1 unspecified atom stereocenters. The minimum absolute atomic E-state index is 0.0692. The third-order valence-corrected chi connectivity index (χ3v) is 4.89. The van der Waals surface area contributed by atoms with Crippen molar-refractivity contribution >= 4 is 17.6 Å². The highest BCUT2D eigenvalue weighted by atomic mass is 32.2. The van der Waals surface area contributed by atoms with E-state index >= 15 is 0 Å². The zero-order valence-corrected chi connectivity index (χ0v) is 13.0. The molecule has 0 bridgehead atoms. The van der Waals surface area contributed by atoms with Gasteiger partial charge in [0.1, 0.15) is 11.9 Å². The molecule has 3 rings (SSSR count). The number of anilines is 1. The molecule has 0 aromatic carbocycles. The number of aromatic nitrogens is 2. The van der Waals surface area contributed by atoms with E-state index in [0.717, 1.165) is 49.1 Å². The van der Waals surface area contributed by atoms with Gasteiger partial charge in [-0.25, -0.2) is 9.97 Å². The van der Waals surface area contributed by atoms with E-state index in [1.54, 1.807) is 0 Å². The zero-order valence-electron chi connectivity index (χ0n) is 12.2. The summed E-state index contributed by atoms with van der Waals surface area (Å²) < 4.78 is 5.85. The Kier molecular flexibility index (Phi) is 4.78. The topological polar surface area (TPSA) is 47.0 Å². The maximum Gasteiger partial charge on any atom is 0.160 e. The predicted molar refractivity (Wildman–Crippen MR) is 83.5 cm³/mol. The van der Waals surface area contributed by atoms with Gasteiger partial charge in [0.25, 0.3) is 0 Å². The highest BCUT2D eigenvalue weighted by molar-refractivity contribution is 7.99. The Morgan fingerprint density at radius 2 is 2.15 bits per heavy atom. The quantitative estimate of drug-likeness (QED) is 0.868. The Labute approximate surface area is 125 Å². The van der Waals surface area contributed by atoms with Crippen LogP contribution in [0.4, 0.5) is 5.82 Å². The molecular formula is C15H23N3OS. The lowest BCUT2D eigenvalue weighted by Crippen LogP contribution is -2.20. The van der Waals surface area contributed by atoms with E-state index in [9.17, 15) is 0 Å². The maximum atomic E-state index is 5.85. The monoisotopic (exact) mass is 293 g/mol. The lowest BCUT2D eigenvalue weighted by molar-refractivity contribution is 0.0693. The highest BCUT2D eigenvalue weighted by Crippen LogP contribution is 2.29. The van der Waals surface area contributed by atoms with Crippen LogP contribution in [0.2, 0.25) is 0 Å². The summed E-state index contributed by atoms with van der Waals surface area (Å²) in [5.74, 6) is 3.99. The number of ether oxygens (including phenoxy) is 1. The molecule has 0 saturated carbocycles. The van der Waals surface area contributed by atoms with E-state index in [4.69, 9.17) is 14.7 Å². The summed E-state index contributed by atoms with van der Waals surface area (Å²) >= 11 is 1.93. The summed E-state index contributed by atoms with van der Waals surface area (Å²) in [5, 5.41) is 3.43. The van der Waals surface area contributed by atoms with Crippen molar-refractivity contribution in [3.05, 3.63) is 17.1 Å². The van der Waals surface area contributed by atoms with E-state index in [-0.39, 0.29) is 6.10 Å². The SMILES string of the molecule is CCNc1nc(C2CSCCO2)nc2c1CCCCC2. The van der Waals surface area contributed by atoms with Gasteiger partial charge in [0, 0.05) is 29.3 Å². The van der Waals surface area contributed by atoms with E-state index in [1.165, 1.54) is 30.5 Å². The van der Waals surface area contributed by atoms with Gasteiger partial charge in [0.05, 0.1) is 6.61 Å². The van der Waals surface area contributed by atoms with Gasteiger partial charge < -0.3 is 10.1 Å². The van der Waals surface area contributed by atoms with Crippen LogP contribution in [0.15, 0.2) is 0 Å². The van der Waals surface area contributed by atoms with E-state index in [0.29, 0.717) is 0 Å². The zero-order chi connectivity index (χ0) is 13.8. The van der Waals surface area contributed by atoms with Crippen LogP contribution in [0.3, 0.4) is 0 Å². The van der Waals surface area contributed by atoms with Crippen LogP contribution in [-0.2, 0) is 17.6 Å². The molecule has 1 atom stereocenters. The summed E-state index contributed by atoms with van der Waals surface area (Å²) in [7, 11) is 0. The standard InChI is InChI=1S/C15H23N3OS/c1-2-16-14-11-6-4-3-5-7-12(11)17-15(18-14)13-10-20-9-8-19-13/h13H,2-10H2,1H3,(H,16,17,18). The Hall–Kier alpha value is -0.810. The Morgan fingerprint density at radius 1 is 1.25 bits per heavy atom. The molecule has 1 fully saturated rings. The Balaban J connectivity index is 1.94. The number of thioether (sulfide) groups is 1. The first kappa shape index (κ1) is 14.1. The molecule has 110 valence electrons. The molecule has 1 aromatic heterocycles. The summed E-state index contributed by atoms with van der Waals surface area (Å²) in [6.45, 7) is 3.84. The van der Waals surface area contributed by atoms with Crippen LogP contribution in [0.5, 0.6) is 0 Å². The molecule has 1 saturated heterocycles. The van der Waals surface area contributed by atoms with Crippen molar-refractivity contribution in [2.75, 3.05) is 30.0 Å². The predicted octanol–water partition coefficient (Wildman–Crippen LogP) is 2.98. The van der Waals surface area contributed by atoms with Crippen LogP contribution < -0.4 is 5.32 Å². The van der Waals surface area contributed by atoms with Crippen molar-refractivity contribution < 1.29 is 4.74 Å². The van der Waals surface area contributed by atoms with Crippen molar-refractivity contribution in [3.63, 3.8) is 0 Å². The second-order valence-corrected chi connectivity index (χ2v) is 6.53. The molecule has 1 N–H and O–H groups in total. The molecule has 0 spiro atoms. The molecule has 1 aliphatic heterocycles. The number of hydrogen-bond donors (Lipinski definition) is 1. The molecule has 2 heterocycles. The molecular weight excluding hydrogens is 270 g/mol. The number of nitrogens with one attached hydrogen (secondary N) is 1. The van der Waals surface area contributed by atoms with Gasteiger partial charge >= 0.3 is 0 Å². The van der Waals surface area contributed by atoms with E-state index < -0.39 is 0 Å². The third kappa shape index (κ3) is 3.09. The normalized spacial score (nSPS) is 22.9. The fourth-order valence-electron chi connectivity index (χ4n) is 2.88. The molecule has 1 aliphatic carbocycles. The Morgan fingerprint density at radius 3 is 2.95 bits per heavy atom. The van der Waals surface area contributed by atoms with Crippen molar-refractivity contribution in [2.24, 2.45) is 0 Å². The number of nitrogens with zero attached hydrogens (tertiary/aromatic N) is 2. The van der Waals surface area contributed by atoms with Crippen molar-refractivity contribution in [2.45, 2.75) is 45.1 Å². The second-order valence-electron chi connectivity index (χ2n) is 5.38. The summed E-state index contributed by atoms with van der Waals surface area (Å²) in [6.07, 6.45) is 6.06. The number of fused-ring (bicyclic) bond motifs is 1. The molecule has 5 heteroatoms. The molecule has 2 aliphatic rings. The first-order valence-corrected chi connectivity index (χ1v) is 8.87. The first-order chi connectivity index (χ1) is 9.88. The van der Waals surface area contributed by atoms with Gasteiger partial charge in [0.15, 0.2) is 5.82 Å². The van der Waals surface area contributed by atoms with Gasteiger partial charge in [-0.3, -0.25) is 0 Å². The van der Waals surface area contributed by atoms with Crippen LogP contribution in [0.25, 0.3) is 0 Å². The molecule has 20 heavy (non-hydrogen) atoms.